The molecule has 2 rings (SSSR count). The quantitative estimate of drug-likeness (QED) is 0.674. The zero-order valence-corrected chi connectivity index (χ0v) is 14.4. The molecule has 0 aliphatic carbocycles. The van der Waals surface area contributed by atoms with E-state index in [2.05, 4.69) is 15.9 Å². The Morgan fingerprint density at radius 1 is 1.18 bits per heavy atom. The summed E-state index contributed by atoms with van der Waals surface area (Å²) in [6, 6.07) is 13.6. The average Bonchev–Trinajstić information content (AvgIpc) is 2.51. The van der Waals surface area contributed by atoms with Crippen molar-refractivity contribution in [2.75, 3.05) is 6.61 Å². The molecule has 3 nitrogen and oxygen atoms in total. The molecular weight excluding hydrogens is 344 g/mol. The number of halogens is 1. The first-order valence-corrected chi connectivity index (χ1v) is 8.07. The summed E-state index contributed by atoms with van der Waals surface area (Å²) in [6.45, 7) is 4.24. The van der Waals surface area contributed by atoms with Crippen molar-refractivity contribution in [3.05, 3.63) is 58.1 Å². The summed E-state index contributed by atoms with van der Waals surface area (Å²) in [5.74, 6) is 1.41. The summed E-state index contributed by atoms with van der Waals surface area (Å²) in [5, 5.41) is 0. The molecule has 0 aliphatic rings. The van der Waals surface area contributed by atoms with Crippen molar-refractivity contribution in [2.24, 2.45) is 0 Å². The maximum Gasteiger partial charge on any atom is 0.306 e. The lowest BCUT2D eigenvalue weighted by atomic mass is 10.1. The second kappa shape index (κ2) is 7.99. The van der Waals surface area contributed by atoms with Crippen LogP contribution in [0.4, 0.5) is 0 Å². The lowest BCUT2D eigenvalue weighted by molar-refractivity contribution is -0.143. The van der Waals surface area contributed by atoms with Gasteiger partial charge in [-0.25, -0.2) is 0 Å². The number of carbonyl (C=O) groups excluding carboxylic acids is 1. The first-order chi connectivity index (χ1) is 10.6. The van der Waals surface area contributed by atoms with Gasteiger partial charge in [-0.3, -0.25) is 4.79 Å². The summed E-state index contributed by atoms with van der Waals surface area (Å²) >= 11 is 3.50. The Kier molecular flexibility index (Phi) is 6.01. The number of rotatable bonds is 6. The van der Waals surface area contributed by atoms with Crippen LogP contribution in [0.15, 0.2) is 46.9 Å². The normalized spacial score (nSPS) is 10.3. The molecule has 22 heavy (non-hydrogen) atoms. The molecule has 0 bridgehead atoms. The smallest absolute Gasteiger partial charge is 0.306 e. The van der Waals surface area contributed by atoms with Crippen molar-refractivity contribution < 1.29 is 14.3 Å². The van der Waals surface area contributed by atoms with E-state index in [1.54, 1.807) is 0 Å². The second-order valence-electron chi connectivity index (χ2n) is 4.92. The van der Waals surface area contributed by atoms with Crippen molar-refractivity contribution in [1.29, 1.82) is 0 Å². The maximum atomic E-state index is 11.4. The number of hydrogen-bond acceptors (Lipinski definition) is 3. The monoisotopic (exact) mass is 362 g/mol. The predicted molar refractivity (Wildman–Crippen MR) is 90.3 cm³/mol. The van der Waals surface area contributed by atoms with Crippen LogP contribution in [0.1, 0.15) is 24.5 Å². The van der Waals surface area contributed by atoms with E-state index >= 15 is 0 Å². The van der Waals surface area contributed by atoms with Crippen molar-refractivity contribution in [3.8, 4) is 11.5 Å². The van der Waals surface area contributed by atoms with E-state index in [1.807, 2.05) is 56.3 Å². The molecule has 0 radical (unpaired) electrons. The zero-order chi connectivity index (χ0) is 15.9. The largest absolute Gasteiger partial charge is 0.466 e. The Labute approximate surface area is 139 Å². The Morgan fingerprint density at radius 3 is 2.73 bits per heavy atom. The molecule has 0 heterocycles. The van der Waals surface area contributed by atoms with E-state index in [4.69, 9.17) is 9.47 Å². The van der Waals surface area contributed by atoms with Crippen LogP contribution < -0.4 is 4.74 Å². The standard InChI is InChI=1S/C18H19BrO3/c1-3-21-18(20)11-10-14-6-4-7-15(12-14)22-17-9-5-8-16(19)13(17)2/h4-9,12H,3,10-11H2,1-2H3. The van der Waals surface area contributed by atoms with E-state index in [9.17, 15) is 4.79 Å². The highest BCUT2D eigenvalue weighted by atomic mass is 79.9. The molecule has 0 unspecified atom stereocenters. The van der Waals surface area contributed by atoms with E-state index in [-0.39, 0.29) is 5.97 Å². The minimum absolute atomic E-state index is 0.170. The fraction of sp³-hybridized carbons (Fsp3) is 0.278. The van der Waals surface area contributed by atoms with Crippen LogP contribution >= 0.6 is 15.9 Å². The molecule has 2 aromatic carbocycles. The lowest BCUT2D eigenvalue weighted by Crippen LogP contribution is -2.05. The number of benzene rings is 2. The van der Waals surface area contributed by atoms with Crippen LogP contribution in [0.5, 0.6) is 11.5 Å². The number of hydrogen-bond donors (Lipinski definition) is 0. The van der Waals surface area contributed by atoms with Crippen LogP contribution in [0.3, 0.4) is 0 Å². The molecule has 0 aliphatic heterocycles. The fourth-order valence-electron chi connectivity index (χ4n) is 2.07. The van der Waals surface area contributed by atoms with Crippen molar-refractivity contribution in [1.82, 2.24) is 0 Å². The third kappa shape index (κ3) is 4.60. The Bertz CT molecular complexity index is 653. The van der Waals surface area contributed by atoms with Gasteiger partial charge in [0, 0.05) is 16.5 Å². The van der Waals surface area contributed by atoms with Crippen LogP contribution in [-0.4, -0.2) is 12.6 Å². The molecule has 0 aromatic heterocycles. The molecule has 0 N–H and O–H groups in total. The molecule has 4 heteroatoms. The van der Waals surface area contributed by atoms with Gasteiger partial charge in [0.05, 0.1) is 6.61 Å². The van der Waals surface area contributed by atoms with Gasteiger partial charge < -0.3 is 9.47 Å². The Morgan fingerprint density at radius 2 is 1.95 bits per heavy atom. The fourth-order valence-corrected chi connectivity index (χ4v) is 2.42. The summed E-state index contributed by atoms with van der Waals surface area (Å²) < 4.78 is 11.9. The van der Waals surface area contributed by atoms with Crippen LogP contribution in [0.25, 0.3) is 0 Å². The molecule has 0 amide bonds. The first-order valence-electron chi connectivity index (χ1n) is 7.27. The molecular formula is C18H19BrO3. The number of aryl methyl sites for hydroxylation is 1. The third-order valence-corrected chi connectivity index (χ3v) is 4.13. The van der Waals surface area contributed by atoms with Crippen molar-refractivity contribution in [2.45, 2.75) is 26.7 Å². The number of carbonyl (C=O) groups is 1. The van der Waals surface area contributed by atoms with Gasteiger partial charge in [-0.2, -0.15) is 0 Å². The molecule has 0 atom stereocenters. The number of esters is 1. The van der Waals surface area contributed by atoms with Gasteiger partial charge in [0.15, 0.2) is 0 Å². The first kappa shape index (κ1) is 16.6. The Hall–Kier alpha value is -1.81. The molecule has 0 fully saturated rings. The topological polar surface area (TPSA) is 35.5 Å². The van der Waals surface area contributed by atoms with E-state index in [0.717, 1.165) is 27.1 Å². The van der Waals surface area contributed by atoms with Crippen molar-refractivity contribution >= 4 is 21.9 Å². The highest BCUT2D eigenvalue weighted by Crippen LogP contribution is 2.30. The van der Waals surface area contributed by atoms with Gasteiger partial charge in [0.1, 0.15) is 11.5 Å². The molecule has 0 saturated carbocycles. The van der Waals surface area contributed by atoms with Gasteiger partial charge in [0.25, 0.3) is 0 Å². The van der Waals surface area contributed by atoms with E-state index in [0.29, 0.717) is 19.4 Å². The van der Waals surface area contributed by atoms with Gasteiger partial charge in [-0.05, 0) is 50.1 Å². The molecule has 116 valence electrons. The predicted octanol–water partition coefficient (Wildman–Crippen LogP) is 5.05. The highest BCUT2D eigenvalue weighted by molar-refractivity contribution is 9.10. The van der Waals surface area contributed by atoms with Crippen LogP contribution in [-0.2, 0) is 16.0 Å². The van der Waals surface area contributed by atoms with Crippen LogP contribution in [0, 0.1) is 6.92 Å². The van der Waals surface area contributed by atoms with Gasteiger partial charge in [-0.1, -0.05) is 34.1 Å². The second-order valence-corrected chi connectivity index (χ2v) is 5.77. The molecule has 2 aromatic rings. The van der Waals surface area contributed by atoms with Gasteiger partial charge in [-0.15, -0.1) is 0 Å². The Balaban J connectivity index is 2.05. The average molecular weight is 363 g/mol. The molecule has 0 spiro atoms. The van der Waals surface area contributed by atoms with E-state index < -0.39 is 0 Å². The zero-order valence-electron chi connectivity index (χ0n) is 12.8. The van der Waals surface area contributed by atoms with Gasteiger partial charge in [0.2, 0.25) is 0 Å². The van der Waals surface area contributed by atoms with Gasteiger partial charge >= 0.3 is 5.97 Å². The van der Waals surface area contributed by atoms with Crippen LogP contribution in [0.2, 0.25) is 0 Å². The SMILES string of the molecule is CCOC(=O)CCc1cccc(Oc2cccc(Br)c2C)c1. The third-order valence-electron chi connectivity index (χ3n) is 3.27. The summed E-state index contributed by atoms with van der Waals surface area (Å²) in [6.07, 6.45) is 1.03. The number of ether oxygens (including phenoxy) is 2. The summed E-state index contributed by atoms with van der Waals surface area (Å²) in [4.78, 5) is 11.4. The summed E-state index contributed by atoms with van der Waals surface area (Å²) in [7, 11) is 0. The summed E-state index contributed by atoms with van der Waals surface area (Å²) in [5.41, 5.74) is 2.11. The lowest BCUT2D eigenvalue weighted by Gasteiger charge is -2.11. The minimum atomic E-state index is -0.170. The van der Waals surface area contributed by atoms with Crippen molar-refractivity contribution in [3.63, 3.8) is 0 Å². The molecule has 0 saturated heterocycles. The minimum Gasteiger partial charge on any atom is -0.466 e. The van der Waals surface area contributed by atoms with E-state index in [1.165, 1.54) is 0 Å². The maximum absolute atomic E-state index is 11.4. The highest BCUT2D eigenvalue weighted by Gasteiger charge is 2.06.